The Kier molecular flexibility index (Phi) is 3.72. The van der Waals surface area contributed by atoms with Crippen LogP contribution in [0.5, 0.6) is 0 Å². The predicted octanol–water partition coefficient (Wildman–Crippen LogP) is 1.49. The third-order valence-corrected chi connectivity index (χ3v) is 6.72. The van der Waals surface area contributed by atoms with Crippen molar-refractivity contribution in [2.24, 2.45) is 5.92 Å². The average molecular weight is 322 g/mol. The van der Waals surface area contributed by atoms with Crippen molar-refractivity contribution >= 4 is 10.2 Å². The van der Waals surface area contributed by atoms with Gasteiger partial charge in [-0.25, -0.2) is 0 Å². The zero-order valence-electron chi connectivity index (χ0n) is 12.5. The van der Waals surface area contributed by atoms with Gasteiger partial charge in [0.1, 0.15) is 0 Å². The maximum absolute atomic E-state index is 12.7. The molecule has 1 N–H and O–H groups in total. The van der Waals surface area contributed by atoms with Crippen LogP contribution in [0.3, 0.4) is 0 Å². The molecule has 5 nitrogen and oxygen atoms in total. The van der Waals surface area contributed by atoms with Crippen molar-refractivity contribution in [1.29, 1.82) is 0 Å². The molecule has 3 aliphatic rings. The molecule has 3 unspecified atom stereocenters. The first-order valence-electron chi connectivity index (χ1n) is 8.07. The summed E-state index contributed by atoms with van der Waals surface area (Å²) in [5, 5.41) is 0. The molecule has 0 aromatic heterocycles. The van der Waals surface area contributed by atoms with Crippen molar-refractivity contribution < 1.29 is 13.2 Å². The molecule has 4 rings (SSSR count). The Hall–Kier alpha value is -0.950. The zero-order chi connectivity index (χ0) is 15.2. The SMILES string of the molecule is O=S(=O)(NC1CC1)N1CC(c2ccccc2)C2COCCC21. The van der Waals surface area contributed by atoms with Crippen molar-refractivity contribution in [2.75, 3.05) is 19.8 Å². The van der Waals surface area contributed by atoms with E-state index in [1.807, 2.05) is 18.2 Å². The van der Waals surface area contributed by atoms with Crippen LogP contribution in [0.2, 0.25) is 0 Å². The van der Waals surface area contributed by atoms with Gasteiger partial charge in [0.15, 0.2) is 0 Å². The second-order valence-corrected chi connectivity index (χ2v) is 8.23. The topological polar surface area (TPSA) is 58.6 Å². The Morgan fingerprint density at radius 1 is 1.14 bits per heavy atom. The van der Waals surface area contributed by atoms with Gasteiger partial charge < -0.3 is 4.74 Å². The molecule has 1 aromatic carbocycles. The lowest BCUT2D eigenvalue weighted by Gasteiger charge is -2.32. The molecule has 0 spiro atoms. The summed E-state index contributed by atoms with van der Waals surface area (Å²) in [7, 11) is -3.38. The summed E-state index contributed by atoms with van der Waals surface area (Å²) < 4.78 is 35.6. The van der Waals surface area contributed by atoms with E-state index < -0.39 is 10.2 Å². The van der Waals surface area contributed by atoms with Gasteiger partial charge in [-0.1, -0.05) is 30.3 Å². The van der Waals surface area contributed by atoms with E-state index in [2.05, 4.69) is 16.9 Å². The van der Waals surface area contributed by atoms with Gasteiger partial charge in [-0.3, -0.25) is 0 Å². The summed E-state index contributed by atoms with van der Waals surface area (Å²) in [6.07, 6.45) is 2.72. The normalized spacial score (nSPS) is 32.8. The summed E-state index contributed by atoms with van der Waals surface area (Å²) in [6, 6.07) is 10.5. The maximum Gasteiger partial charge on any atom is 0.279 e. The highest BCUT2D eigenvalue weighted by Gasteiger charge is 2.49. The van der Waals surface area contributed by atoms with Gasteiger partial charge in [-0.05, 0) is 24.8 Å². The molecule has 1 aliphatic carbocycles. The Labute approximate surface area is 131 Å². The second kappa shape index (κ2) is 5.60. The molecule has 0 bridgehead atoms. The minimum absolute atomic E-state index is 0.0650. The smallest absolute Gasteiger partial charge is 0.279 e. The number of hydrogen-bond acceptors (Lipinski definition) is 3. The highest BCUT2D eigenvalue weighted by atomic mass is 32.2. The second-order valence-electron chi connectivity index (χ2n) is 6.58. The Morgan fingerprint density at radius 2 is 1.91 bits per heavy atom. The van der Waals surface area contributed by atoms with Crippen LogP contribution in [0.4, 0.5) is 0 Å². The molecular weight excluding hydrogens is 300 g/mol. The van der Waals surface area contributed by atoms with Gasteiger partial charge in [0.05, 0.1) is 6.61 Å². The Balaban J connectivity index is 1.62. The Morgan fingerprint density at radius 3 is 2.64 bits per heavy atom. The third kappa shape index (κ3) is 2.69. The van der Waals surface area contributed by atoms with Crippen LogP contribution in [-0.4, -0.2) is 44.6 Å². The highest BCUT2D eigenvalue weighted by Crippen LogP contribution is 2.42. The predicted molar refractivity (Wildman–Crippen MR) is 83.7 cm³/mol. The van der Waals surface area contributed by atoms with E-state index in [1.165, 1.54) is 5.56 Å². The van der Waals surface area contributed by atoms with Crippen LogP contribution in [-0.2, 0) is 14.9 Å². The molecule has 1 aromatic rings. The van der Waals surface area contributed by atoms with Crippen molar-refractivity contribution in [3.05, 3.63) is 35.9 Å². The van der Waals surface area contributed by atoms with Crippen LogP contribution >= 0.6 is 0 Å². The van der Waals surface area contributed by atoms with Gasteiger partial charge in [0, 0.05) is 37.1 Å². The minimum Gasteiger partial charge on any atom is -0.381 e. The largest absolute Gasteiger partial charge is 0.381 e. The first-order valence-corrected chi connectivity index (χ1v) is 9.51. The van der Waals surface area contributed by atoms with E-state index in [9.17, 15) is 8.42 Å². The van der Waals surface area contributed by atoms with Crippen molar-refractivity contribution in [3.63, 3.8) is 0 Å². The molecular formula is C16H22N2O3S. The number of nitrogens with zero attached hydrogens (tertiary/aromatic N) is 1. The van der Waals surface area contributed by atoms with Crippen LogP contribution in [0.1, 0.15) is 30.7 Å². The quantitative estimate of drug-likeness (QED) is 0.914. The first kappa shape index (κ1) is 14.6. The van der Waals surface area contributed by atoms with Crippen LogP contribution < -0.4 is 4.72 Å². The van der Waals surface area contributed by atoms with Crippen LogP contribution in [0.25, 0.3) is 0 Å². The van der Waals surface area contributed by atoms with E-state index in [0.29, 0.717) is 19.8 Å². The highest BCUT2D eigenvalue weighted by molar-refractivity contribution is 7.87. The van der Waals surface area contributed by atoms with E-state index in [4.69, 9.17) is 4.74 Å². The lowest BCUT2D eigenvalue weighted by molar-refractivity contribution is 0.0321. The molecule has 3 atom stereocenters. The van der Waals surface area contributed by atoms with Gasteiger partial charge in [0.2, 0.25) is 0 Å². The maximum atomic E-state index is 12.7. The standard InChI is InChI=1S/C16H22N2O3S/c19-22(20,17-13-6-7-13)18-10-14(12-4-2-1-3-5-12)15-11-21-9-8-16(15)18/h1-5,13-17H,6-11H2. The molecule has 0 radical (unpaired) electrons. The summed E-state index contributed by atoms with van der Waals surface area (Å²) in [6.45, 7) is 1.86. The van der Waals surface area contributed by atoms with E-state index >= 15 is 0 Å². The van der Waals surface area contributed by atoms with Gasteiger partial charge in [-0.15, -0.1) is 0 Å². The van der Waals surface area contributed by atoms with E-state index in [1.54, 1.807) is 4.31 Å². The molecule has 2 aliphatic heterocycles. The summed E-state index contributed by atoms with van der Waals surface area (Å²) in [4.78, 5) is 0. The fourth-order valence-corrected chi connectivity index (χ4v) is 5.53. The number of hydrogen-bond donors (Lipinski definition) is 1. The van der Waals surface area contributed by atoms with Crippen molar-refractivity contribution in [2.45, 2.75) is 37.3 Å². The lowest BCUT2D eigenvalue weighted by Crippen LogP contribution is -2.47. The van der Waals surface area contributed by atoms with E-state index in [0.717, 1.165) is 19.3 Å². The summed E-state index contributed by atoms with van der Waals surface area (Å²) >= 11 is 0. The lowest BCUT2D eigenvalue weighted by atomic mass is 9.84. The minimum atomic E-state index is -3.38. The molecule has 3 fully saturated rings. The molecule has 2 heterocycles. The molecule has 22 heavy (non-hydrogen) atoms. The fourth-order valence-electron chi connectivity index (χ4n) is 3.76. The third-order valence-electron chi connectivity index (χ3n) is 5.06. The number of ether oxygens (including phenoxy) is 1. The molecule has 2 saturated heterocycles. The molecule has 1 saturated carbocycles. The molecule has 6 heteroatoms. The number of rotatable bonds is 4. The van der Waals surface area contributed by atoms with Crippen LogP contribution in [0.15, 0.2) is 30.3 Å². The number of benzene rings is 1. The van der Waals surface area contributed by atoms with Crippen LogP contribution in [0, 0.1) is 5.92 Å². The fraction of sp³-hybridized carbons (Fsp3) is 0.625. The Bertz CT molecular complexity index is 630. The zero-order valence-corrected chi connectivity index (χ0v) is 13.3. The van der Waals surface area contributed by atoms with E-state index in [-0.39, 0.29) is 23.9 Å². The number of nitrogens with one attached hydrogen (secondary N) is 1. The van der Waals surface area contributed by atoms with Gasteiger partial charge in [0.25, 0.3) is 10.2 Å². The average Bonchev–Trinajstić information content (AvgIpc) is 3.24. The van der Waals surface area contributed by atoms with Gasteiger partial charge >= 0.3 is 0 Å². The molecule has 120 valence electrons. The van der Waals surface area contributed by atoms with Crippen molar-refractivity contribution in [1.82, 2.24) is 9.03 Å². The summed E-state index contributed by atoms with van der Waals surface area (Å²) in [5.74, 6) is 0.481. The first-order chi connectivity index (χ1) is 10.6. The number of fused-ring (bicyclic) bond motifs is 1. The summed E-state index contributed by atoms with van der Waals surface area (Å²) in [5.41, 5.74) is 1.21. The van der Waals surface area contributed by atoms with Gasteiger partial charge in [-0.2, -0.15) is 17.4 Å². The molecule has 0 amide bonds. The monoisotopic (exact) mass is 322 g/mol. The van der Waals surface area contributed by atoms with Crippen molar-refractivity contribution in [3.8, 4) is 0 Å².